The molecule has 2 rings (SSSR count). The van der Waals surface area contributed by atoms with Crippen LogP contribution in [-0.4, -0.2) is 42.9 Å². The summed E-state index contributed by atoms with van der Waals surface area (Å²) in [5.74, 6) is 0.697. The summed E-state index contributed by atoms with van der Waals surface area (Å²) in [5, 5.41) is 6.18. The zero-order valence-corrected chi connectivity index (χ0v) is 23.3. The number of unbranched alkanes of at least 4 members (excludes halogenated alkanes) is 13. The third-order valence-electron chi connectivity index (χ3n) is 7.46. The molecule has 204 valence electrons. The van der Waals surface area contributed by atoms with Gasteiger partial charge in [0, 0.05) is 24.3 Å². The van der Waals surface area contributed by atoms with Crippen LogP contribution in [0.4, 0.5) is 5.69 Å². The topological polar surface area (TPSA) is 61.4 Å². The van der Waals surface area contributed by atoms with Crippen LogP contribution in [0.15, 0.2) is 24.3 Å². The van der Waals surface area contributed by atoms with Gasteiger partial charge in [-0.2, -0.15) is 0 Å². The van der Waals surface area contributed by atoms with Crippen molar-refractivity contribution >= 4 is 17.5 Å². The van der Waals surface area contributed by atoms with Gasteiger partial charge in [0.25, 0.3) is 5.91 Å². The van der Waals surface area contributed by atoms with E-state index in [1.807, 2.05) is 23.1 Å². The van der Waals surface area contributed by atoms with Gasteiger partial charge in [0.1, 0.15) is 0 Å². The lowest BCUT2D eigenvalue weighted by Gasteiger charge is -2.30. The van der Waals surface area contributed by atoms with Crippen molar-refractivity contribution in [1.29, 1.82) is 0 Å². The number of hydrogen-bond donors (Lipinski definition) is 2. The molecule has 0 aliphatic carbocycles. The summed E-state index contributed by atoms with van der Waals surface area (Å²) in [6, 6.07) is 7.33. The molecule has 0 unspecified atom stereocenters. The number of hydrogen-bond acceptors (Lipinski definition) is 3. The number of nitrogens with zero attached hydrogens (tertiary/aromatic N) is 1. The molecular weight excluding hydrogens is 446 g/mol. The quantitative estimate of drug-likeness (QED) is 0.193. The Kier molecular flexibility index (Phi) is 16.2. The average molecular weight is 500 g/mol. The normalized spacial score (nSPS) is 14.2. The molecule has 5 nitrogen and oxygen atoms in total. The summed E-state index contributed by atoms with van der Waals surface area (Å²) in [5.41, 5.74) is 1.34. The highest BCUT2D eigenvalue weighted by molar-refractivity contribution is 5.97. The van der Waals surface area contributed by atoms with Crippen molar-refractivity contribution in [2.75, 3.05) is 31.5 Å². The lowest BCUT2D eigenvalue weighted by atomic mass is 9.98. The highest BCUT2D eigenvalue weighted by Gasteiger charge is 2.21. The van der Waals surface area contributed by atoms with E-state index in [9.17, 15) is 9.59 Å². The van der Waals surface area contributed by atoms with Gasteiger partial charge in [-0.3, -0.25) is 9.59 Å². The maximum atomic E-state index is 12.8. The minimum atomic E-state index is -0.0586. The monoisotopic (exact) mass is 499 g/mol. The molecule has 1 aliphatic heterocycles. The molecule has 0 aromatic heterocycles. The molecular formula is C31H53N3O2. The fourth-order valence-corrected chi connectivity index (χ4v) is 4.98. The van der Waals surface area contributed by atoms with Gasteiger partial charge >= 0.3 is 0 Å². The molecule has 2 amide bonds. The molecule has 1 aromatic rings. The summed E-state index contributed by atoms with van der Waals surface area (Å²) in [6.07, 6.45) is 21.1. The van der Waals surface area contributed by atoms with E-state index in [1.165, 1.54) is 83.5 Å². The predicted molar refractivity (Wildman–Crippen MR) is 153 cm³/mol. The van der Waals surface area contributed by atoms with Crippen LogP contribution in [-0.2, 0) is 4.79 Å². The molecule has 5 heteroatoms. The van der Waals surface area contributed by atoms with E-state index in [2.05, 4.69) is 24.5 Å². The standard InChI is InChI=1S/C31H53N3O2/c1-3-4-5-6-7-8-9-10-11-12-13-14-15-16-22-32-26-30(35)33-29-19-17-18-28(25-29)31(36)34-23-20-27(2)21-24-34/h17-19,25,27,32H,3-16,20-24,26H2,1-2H3,(H,33,35). The Morgan fingerprint density at radius 1 is 0.833 bits per heavy atom. The molecule has 1 saturated heterocycles. The first-order valence-corrected chi connectivity index (χ1v) is 15.0. The Bertz CT molecular complexity index is 728. The second kappa shape index (κ2) is 19.3. The van der Waals surface area contributed by atoms with E-state index < -0.39 is 0 Å². The Labute approximate surface area is 221 Å². The number of rotatable bonds is 19. The van der Waals surface area contributed by atoms with E-state index in [0.29, 0.717) is 23.7 Å². The summed E-state index contributed by atoms with van der Waals surface area (Å²) in [7, 11) is 0. The molecule has 0 radical (unpaired) electrons. The lowest BCUT2D eigenvalue weighted by molar-refractivity contribution is -0.115. The number of anilines is 1. The van der Waals surface area contributed by atoms with Crippen molar-refractivity contribution in [1.82, 2.24) is 10.2 Å². The summed E-state index contributed by atoms with van der Waals surface area (Å²) in [6.45, 7) is 7.34. The number of piperidine rings is 1. The van der Waals surface area contributed by atoms with E-state index in [0.717, 1.165) is 38.9 Å². The Morgan fingerprint density at radius 3 is 1.97 bits per heavy atom. The number of amides is 2. The van der Waals surface area contributed by atoms with Crippen molar-refractivity contribution in [3.05, 3.63) is 29.8 Å². The molecule has 0 saturated carbocycles. The minimum absolute atomic E-state index is 0.0586. The number of carbonyl (C=O) groups is 2. The zero-order chi connectivity index (χ0) is 25.8. The van der Waals surface area contributed by atoms with Crippen LogP contribution in [0.2, 0.25) is 0 Å². The maximum Gasteiger partial charge on any atom is 0.253 e. The van der Waals surface area contributed by atoms with Crippen LogP contribution < -0.4 is 10.6 Å². The van der Waals surface area contributed by atoms with Crippen LogP contribution in [0, 0.1) is 5.92 Å². The van der Waals surface area contributed by atoms with E-state index in [-0.39, 0.29) is 11.8 Å². The average Bonchev–Trinajstić information content (AvgIpc) is 2.88. The van der Waals surface area contributed by atoms with Gasteiger partial charge < -0.3 is 15.5 Å². The van der Waals surface area contributed by atoms with Gasteiger partial charge in [-0.15, -0.1) is 0 Å². The van der Waals surface area contributed by atoms with Crippen molar-refractivity contribution in [3.63, 3.8) is 0 Å². The van der Waals surface area contributed by atoms with Gasteiger partial charge in [-0.05, 0) is 49.9 Å². The van der Waals surface area contributed by atoms with Crippen LogP contribution in [0.3, 0.4) is 0 Å². The summed E-state index contributed by atoms with van der Waals surface area (Å²) < 4.78 is 0. The van der Waals surface area contributed by atoms with Gasteiger partial charge in [0.15, 0.2) is 0 Å². The smallest absolute Gasteiger partial charge is 0.253 e. The first-order chi connectivity index (χ1) is 17.6. The minimum Gasteiger partial charge on any atom is -0.339 e. The number of likely N-dealkylation sites (tertiary alicyclic amines) is 1. The third kappa shape index (κ3) is 13.4. The van der Waals surface area contributed by atoms with Gasteiger partial charge in [0.05, 0.1) is 6.54 Å². The molecule has 1 fully saturated rings. The van der Waals surface area contributed by atoms with Crippen LogP contribution in [0.25, 0.3) is 0 Å². The molecule has 2 N–H and O–H groups in total. The summed E-state index contributed by atoms with van der Waals surface area (Å²) >= 11 is 0. The first kappa shape index (κ1) is 30.3. The van der Waals surface area contributed by atoms with E-state index >= 15 is 0 Å². The molecule has 0 spiro atoms. The lowest BCUT2D eigenvalue weighted by Crippen LogP contribution is -2.37. The molecule has 36 heavy (non-hydrogen) atoms. The zero-order valence-electron chi connectivity index (χ0n) is 23.3. The number of carbonyl (C=O) groups excluding carboxylic acids is 2. The van der Waals surface area contributed by atoms with Crippen molar-refractivity contribution < 1.29 is 9.59 Å². The number of benzene rings is 1. The largest absolute Gasteiger partial charge is 0.339 e. The fraction of sp³-hybridized carbons (Fsp3) is 0.742. The van der Waals surface area contributed by atoms with E-state index in [1.54, 1.807) is 6.07 Å². The second-order valence-corrected chi connectivity index (χ2v) is 10.9. The maximum absolute atomic E-state index is 12.8. The molecule has 1 aromatic carbocycles. The molecule has 0 bridgehead atoms. The Morgan fingerprint density at radius 2 is 1.39 bits per heavy atom. The second-order valence-electron chi connectivity index (χ2n) is 10.9. The Balaban J connectivity index is 1.45. The SMILES string of the molecule is CCCCCCCCCCCCCCCCNCC(=O)Nc1cccc(C(=O)N2CCC(C)CC2)c1. The predicted octanol–water partition coefficient (Wildman–Crippen LogP) is 7.57. The molecule has 1 heterocycles. The highest BCUT2D eigenvalue weighted by atomic mass is 16.2. The van der Waals surface area contributed by atoms with Crippen LogP contribution in [0.1, 0.15) is 127 Å². The van der Waals surface area contributed by atoms with Crippen LogP contribution in [0.5, 0.6) is 0 Å². The third-order valence-corrected chi connectivity index (χ3v) is 7.46. The van der Waals surface area contributed by atoms with Gasteiger partial charge in [-0.25, -0.2) is 0 Å². The van der Waals surface area contributed by atoms with Gasteiger partial charge in [-0.1, -0.05) is 103 Å². The first-order valence-electron chi connectivity index (χ1n) is 15.0. The molecule has 1 aliphatic rings. The van der Waals surface area contributed by atoms with Crippen molar-refractivity contribution in [2.45, 2.75) is 117 Å². The molecule has 0 atom stereocenters. The number of nitrogens with one attached hydrogen (secondary N) is 2. The van der Waals surface area contributed by atoms with Crippen molar-refractivity contribution in [3.8, 4) is 0 Å². The fourth-order valence-electron chi connectivity index (χ4n) is 4.98. The summed E-state index contributed by atoms with van der Waals surface area (Å²) in [4.78, 5) is 27.0. The van der Waals surface area contributed by atoms with Crippen molar-refractivity contribution in [2.24, 2.45) is 5.92 Å². The highest BCUT2D eigenvalue weighted by Crippen LogP contribution is 2.19. The van der Waals surface area contributed by atoms with Crippen LogP contribution >= 0.6 is 0 Å². The van der Waals surface area contributed by atoms with Gasteiger partial charge in [0.2, 0.25) is 5.91 Å². The Hall–Kier alpha value is -1.88. The van der Waals surface area contributed by atoms with E-state index in [4.69, 9.17) is 0 Å².